The summed E-state index contributed by atoms with van der Waals surface area (Å²) in [4.78, 5) is 16.0. The van der Waals surface area contributed by atoms with Crippen LogP contribution in [-0.2, 0) is 11.3 Å². The summed E-state index contributed by atoms with van der Waals surface area (Å²) in [5.41, 5.74) is 2.70. The fourth-order valence-electron chi connectivity index (χ4n) is 0.815. The van der Waals surface area contributed by atoms with Crippen LogP contribution in [0.5, 0.6) is 0 Å². The molecule has 4 nitrogen and oxygen atoms in total. The monoisotopic (exact) mass is 198 g/mol. The molecular weight excluding hydrogens is 188 g/mol. The van der Waals surface area contributed by atoms with Crippen LogP contribution in [0.25, 0.3) is 0 Å². The standard InChI is InChI=1S/C8H10N2O2S/c1-10(3-2-8(11)12)4-7-5-13-6-9-7/h2-3,5-6H,4H2,1H3,(H,11,12). The van der Waals surface area contributed by atoms with Gasteiger partial charge in [-0.1, -0.05) is 0 Å². The fraction of sp³-hybridized carbons (Fsp3) is 0.250. The van der Waals surface area contributed by atoms with E-state index < -0.39 is 5.97 Å². The number of rotatable bonds is 4. The van der Waals surface area contributed by atoms with E-state index in [-0.39, 0.29) is 0 Å². The maximum absolute atomic E-state index is 10.2. The summed E-state index contributed by atoms with van der Waals surface area (Å²) < 4.78 is 0. The lowest BCUT2D eigenvalue weighted by atomic mass is 10.4. The molecule has 13 heavy (non-hydrogen) atoms. The Labute approximate surface area is 80.1 Å². The van der Waals surface area contributed by atoms with Gasteiger partial charge in [-0.3, -0.25) is 0 Å². The average Bonchev–Trinajstić information content (AvgIpc) is 2.53. The van der Waals surface area contributed by atoms with Gasteiger partial charge < -0.3 is 10.0 Å². The van der Waals surface area contributed by atoms with Crippen LogP contribution < -0.4 is 0 Å². The topological polar surface area (TPSA) is 53.4 Å². The highest BCUT2D eigenvalue weighted by molar-refractivity contribution is 7.07. The molecule has 0 amide bonds. The van der Waals surface area contributed by atoms with Gasteiger partial charge in [-0.15, -0.1) is 11.3 Å². The summed E-state index contributed by atoms with van der Waals surface area (Å²) in [6.45, 7) is 0.632. The van der Waals surface area contributed by atoms with E-state index in [1.54, 1.807) is 17.5 Å². The lowest BCUT2D eigenvalue weighted by Gasteiger charge is -2.10. The number of aromatic nitrogens is 1. The van der Waals surface area contributed by atoms with Crippen molar-refractivity contribution >= 4 is 17.3 Å². The van der Waals surface area contributed by atoms with Crippen LogP contribution in [-0.4, -0.2) is 28.0 Å². The second-order valence-electron chi connectivity index (χ2n) is 2.55. The Balaban J connectivity index is 2.42. The molecule has 0 aromatic carbocycles. The molecule has 0 radical (unpaired) electrons. The molecule has 0 atom stereocenters. The van der Waals surface area contributed by atoms with Gasteiger partial charge in [-0.2, -0.15) is 0 Å². The van der Waals surface area contributed by atoms with Gasteiger partial charge in [-0.05, 0) is 0 Å². The Hall–Kier alpha value is -1.36. The van der Waals surface area contributed by atoms with Crippen LogP contribution in [0.1, 0.15) is 5.69 Å². The minimum Gasteiger partial charge on any atom is -0.478 e. The molecular formula is C8H10N2O2S. The minimum absolute atomic E-state index is 0.632. The summed E-state index contributed by atoms with van der Waals surface area (Å²) >= 11 is 1.53. The smallest absolute Gasteiger partial charge is 0.329 e. The van der Waals surface area contributed by atoms with Crippen LogP contribution in [0.3, 0.4) is 0 Å². The summed E-state index contributed by atoms with van der Waals surface area (Å²) in [5.74, 6) is -0.940. The molecule has 0 saturated heterocycles. The number of carbonyl (C=O) groups is 1. The number of thiazole rings is 1. The predicted octanol–water partition coefficient (Wildman–Crippen LogP) is 1.17. The minimum atomic E-state index is -0.940. The average molecular weight is 198 g/mol. The van der Waals surface area contributed by atoms with Gasteiger partial charge in [0, 0.05) is 24.7 Å². The highest BCUT2D eigenvalue weighted by atomic mass is 32.1. The lowest BCUT2D eigenvalue weighted by molar-refractivity contribution is -0.131. The second kappa shape index (κ2) is 4.61. The molecule has 0 bridgehead atoms. The molecule has 1 rings (SSSR count). The van der Waals surface area contributed by atoms with Crippen molar-refractivity contribution in [3.8, 4) is 0 Å². The van der Waals surface area contributed by atoms with Gasteiger partial charge >= 0.3 is 5.97 Å². The number of nitrogens with zero attached hydrogens (tertiary/aromatic N) is 2. The molecule has 0 aliphatic carbocycles. The van der Waals surface area contributed by atoms with Crippen LogP contribution in [0.2, 0.25) is 0 Å². The Bertz CT molecular complexity index is 295. The van der Waals surface area contributed by atoms with Gasteiger partial charge in [0.25, 0.3) is 0 Å². The molecule has 0 saturated carbocycles. The van der Waals surface area contributed by atoms with Gasteiger partial charge in [0.05, 0.1) is 17.7 Å². The van der Waals surface area contributed by atoms with Crippen molar-refractivity contribution in [2.45, 2.75) is 6.54 Å². The molecule has 1 heterocycles. The van der Waals surface area contributed by atoms with E-state index in [9.17, 15) is 4.79 Å². The predicted molar refractivity (Wildman–Crippen MR) is 50.4 cm³/mol. The van der Waals surface area contributed by atoms with Crippen molar-refractivity contribution in [3.05, 3.63) is 28.9 Å². The molecule has 0 aliphatic rings. The first kappa shape index (κ1) is 9.73. The van der Waals surface area contributed by atoms with E-state index in [0.717, 1.165) is 11.8 Å². The van der Waals surface area contributed by atoms with Crippen molar-refractivity contribution in [1.29, 1.82) is 0 Å². The third-order valence-corrected chi connectivity index (χ3v) is 2.00. The summed E-state index contributed by atoms with van der Waals surface area (Å²) in [5, 5.41) is 10.3. The zero-order valence-corrected chi connectivity index (χ0v) is 7.99. The van der Waals surface area contributed by atoms with Gasteiger partial charge in [0.1, 0.15) is 0 Å². The Morgan fingerprint density at radius 2 is 2.62 bits per heavy atom. The maximum Gasteiger partial charge on any atom is 0.329 e. The van der Waals surface area contributed by atoms with Crippen molar-refractivity contribution < 1.29 is 9.90 Å². The highest BCUT2D eigenvalue weighted by Gasteiger charge is 1.97. The number of aliphatic carboxylic acids is 1. The molecule has 0 fully saturated rings. The van der Waals surface area contributed by atoms with Crippen molar-refractivity contribution in [1.82, 2.24) is 9.88 Å². The molecule has 1 aromatic rings. The maximum atomic E-state index is 10.2. The zero-order chi connectivity index (χ0) is 9.68. The van der Waals surface area contributed by atoms with Gasteiger partial charge in [-0.25, -0.2) is 9.78 Å². The second-order valence-corrected chi connectivity index (χ2v) is 3.27. The van der Waals surface area contributed by atoms with E-state index in [1.807, 2.05) is 5.38 Å². The molecule has 0 aliphatic heterocycles. The molecule has 1 aromatic heterocycles. The molecule has 5 heteroatoms. The number of hydrogen-bond donors (Lipinski definition) is 1. The summed E-state index contributed by atoms with van der Waals surface area (Å²) in [6, 6.07) is 0. The van der Waals surface area contributed by atoms with Crippen molar-refractivity contribution in [2.24, 2.45) is 0 Å². The number of hydrogen-bond acceptors (Lipinski definition) is 4. The first-order valence-electron chi connectivity index (χ1n) is 3.67. The van der Waals surface area contributed by atoms with E-state index in [0.29, 0.717) is 6.54 Å². The Morgan fingerprint density at radius 1 is 1.85 bits per heavy atom. The Kier molecular flexibility index (Phi) is 3.45. The van der Waals surface area contributed by atoms with Crippen LogP contribution in [0, 0.1) is 0 Å². The van der Waals surface area contributed by atoms with Crippen LogP contribution in [0.4, 0.5) is 0 Å². The van der Waals surface area contributed by atoms with Crippen molar-refractivity contribution in [2.75, 3.05) is 7.05 Å². The number of carboxylic acids is 1. The van der Waals surface area contributed by atoms with E-state index >= 15 is 0 Å². The van der Waals surface area contributed by atoms with Crippen LogP contribution >= 0.6 is 11.3 Å². The SMILES string of the molecule is CN(C=CC(=O)O)Cc1cscn1. The molecule has 0 spiro atoms. The third kappa shape index (κ3) is 3.71. The molecule has 1 N–H and O–H groups in total. The molecule has 0 unspecified atom stereocenters. The first-order chi connectivity index (χ1) is 6.18. The highest BCUT2D eigenvalue weighted by Crippen LogP contribution is 2.03. The van der Waals surface area contributed by atoms with E-state index in [2.05, 4.69) is 4.98 Å². The largest absolute Gasteiger partial charge is 0.478 e. The fourth-order valence-corrected chi connectivity index (χ4v) is 1.36. The van der Waals surface area contributed by atoms with Crippen LogP contribution in [0.15, 0.2) is 23.2 Å². The molecule has 70 valence electrons. The summed E-state index contributed by atoms with van der Waals surface area (Å²) in [7, 11) is 1.80. The van der Waals surface area contributed by atoms with Crippen molar-refractivity contribution in [3.63, 3.8) is 0 Å². The quantitative estimate of drug-likeness (QED) is 0.738. The number of carboxylic acid groups (broad SMARTS) is 1. The third-order valence-electron chi connectivity index (χ3n) is 1.37. The first-order valence-corrected chi connectivity index (χ1v) is 4.61. The van der Waals surface area contributed by atoms with Gasteiger partial charge in [0.15, 0.2) is 0 Å². The zero-order valence-electron chi connectivity index (χ0n) is 7.17. The Morgan fingerprint density at radius 3 is 3.15 bits per heavy atom. The van der Waals surface area contributed by atoms with E-state index in [4.69, 9.17) is 5.11 Å². The normalized spacial score (nSPS) is 10.5. The summed E-state index contributed by atoms with van der Waals surface area (Å²) in [6.07, 6.45) is 2.62. The van der Waals surface area contributed by atoms with Gasteiger partial charge in [0.2, 0.25) is 0 Å². The van der Waals surface area contributed by atoms with E-state index in [1.165, 1.54) is 17.5 Å². The lowest BCUT2D eigenvalue weighted by Crippen LogP contribution is -2.10.